The minimum absolute atomic E-state index is 0.0108. The first-order chi connectivity index (χ1) is 18.8. The molecule has 1 aliphatic rings. The van der Waals surface area contributed by atoms with Crippen LogP contribution in [0.3, 0.4) is 0 Å². The van der Waals surface area contributed by atoms with Gasteiger partial charge in [-0.05, 0) is 29.8 Å². The van der Waals surface area contributed by atoms with E-state index >= 15 is 0 Å². The lowest BCUT2D eigenvalue weighted by atomic mass is 10.2. The summed E-state index contributed by atoms with van der Waals surface area (Å²) < 4.78 is 10.7. The second kappa shape index (κ2) is 13.3. The molecule has 39 heavy (non-hydrogen) atoms. The lowest BCUT2D eigenvalue weighted by Gasteiger charge is -2.28. The van der Waals surface area contributed by atoms with Crippen molar-refractivity contribution in [2.24, 2.45) is 0 Å². The Morgan fingerprint density at radius 3 is 2.56 bits per heavy atom. The van der Waals surface area contributed by atoms with Crippen molar-refractivity contribution < 1.29 is 24.2 Å². The lowest BCUT2D eigenvalue weighted by molar-refractivity contribution is -0.136. The maximum atomic E-state index is 12.9. The molecule has 0 atom stereocenters. The Balaban J connectivity index is 1.65. The van der Waals surface area contributed by atoms with Gasteiger partial charge in [0.15, 0.2) is 0 Å². The van der Waals surface area contributed by atoms with Crippen LogP contribution in [-0.4, -0.2) is 72.0 Å². The van der Waals surface area contributed by atoms with E-state index in [1.165, 1.54) is 7.11 Å². The van der Waals surface area contributed by atoms with Crippen LogP contribution in [0.5, 0.6) is 5.75 Å². The molecular formula is C25H27Cl2N7O5. The van der Waals surface area contributed by atoms with Crippen molar-refractivity contribution in [1.29, 1.82) is 0 Å². The number of morpholine rings is 1. The van der Waals surface area contributed by atoms with E-state index in [1.807, 2.05) is 4.90 Å². The van der Waals surface area contributed by atoms with Crippen LogP contribution in [0.4, 0.5) is 28.3 Å². The van der Waals surface area contributed by atoms with Gasteiger partial charge >= 0.3 is 12.0 Å². The van der Waals surface area contributed by atoms with Crippen LogP contribution in [0.15, 0.2) is 42.5 Å². The predicted molar refractivity (Wildman–Crippen MR) is 148 cm³/mol. The summed E-state index contributed by atoms with van der Waals surface area (Å²) >= 11 is 12.3. The number of carboxylic acid groups (broad SMARTS) is 1. The van der Waals surface area contributed by atoms with Gasteiger partial charge in [0.05, 0.1) is 42.5 Å². The number of aromatic nitrogens is 3. The van der Waals surface area contributed by atoms with Crippen molar-refractivity contribution in [3.05, 3.63) is 58.1 Å². The van der Waals surface area contributed by atoms with Crippen molar-refractivity contribution in [3.8, 4) is 5.75 Å². The fourth-order valence-electron chi connectivity index (χ4n) is 3.80. The van der Waals surface area contributed by atoms with Crippen LogP contribution in [0.2, 0.25) is 10.0 Å². The van der Waals surface area contributed by atoms with Crippen LogP contribution >= 0.6 is 23.2 Å². The number of methoxy groups -OCH3 is 1. The molecule has 0 bridgehead atoms. The number of para-hydroxylation sites is 2. The van der Waals surface area contributed by atoms with Crippen molar-refractivity contribution in [1.82, 2.24) is 15.0 Å². The molecule has 1 fully saturated rings. The van der Waals surface area contributed by atoms with Crippen LogP contribution in [0, 0.1) is 0 Å². The summed E-state index contributed by atoms with van der Waals surface area (Å²) in [6, 6.07) is 11.5. The van der Waals surface area contributed by atoms with Gasteiger partial charge < -0.3 is 29.7 Å². The molecule has 2 heterocycles. The number of hydrogen-bond acceptors (Lipinski definition) is 9. The van der Waals surface area contributed by atoms with Crippen molar-refractivity contribution >= 4 is 58.7 Å². The quantitative estimate of drug-likeness (QED) is 0.322. The largest absolute Gasteiger partial charge is 0.495 e. The number of aliphatic carboxylic acids is 1. The molecule has 14 heteroatoms. The van der Waals surface area contributed by atoms with Crippen LogP contribution in [-0.2, 0) is 16.1 Å². The number of ether oxygens (including phenoxy) is 2. The summed E-state index contributed by atoms with van der Waals surface area (Å²) in [5, 5.41) is 15.5. The third-order valence-corrected chi connectivity index (χ3v) is 6.46. The maximum absolute atomic E-state index is 12.9. The molecule has 2 aromatic carbocycles. The van der Waals surface area contributed by atoms with Gasteiger partial charge in [-0.25, -0.2) is 4.79 Å². The number of halogens is 2. The molecular weight excluding hydrogens is 549 g/mol. The fraction of sp³-hybridized carbons (Fsp3) is 0.320. The molecule has 1 aliphatic heterocycles. The van der Waals surface area contributed by atoms with E-state index in [9.17, 15) is 14.7 Å². The van der Waals surface area contributed by atoms with Crippen LogP contribution < -0.4 is 25.2 Å². The zero-order valence-corrected chi connectivity index (χ0v) is 22.6. The van der Waals surface area contributed by atoms with Gasteiger partial charge in [0.2, 0.25) is 17.8 Å². The number of rotatable bonds is 10. The van der Waals surface area contributed by atoms with E-state index in [-0.39, 0.29) is 31.4 Å². The highest BCUT2D eigenvalue weighted by Gasteiger charge is 2.21. The molecule has 0 aliphatic carbocycles. The molecule has 0 unspecified atom stereocenters. The van der Waals surface area contributed by atoms with Crippen molar-refractivity contribution in [2.45, 2.75) is 13.0 Å². The summed E-state index contributed by atoms with van der Waals surface area (Å²) in [6.45, 7) is 2.39. The first-order valence-electron chi connectivity index (χ1n) is 12.0. The second-order valence-electron chi connectivity index (χ2n) is 8.45. The number of anilines is 4. The average molecular weight is 576 g/mol. The molecule has 3 aromatic rings. The highest BCUT2D eigenvalue weighted by atomic mass is 35.5. The van der Waals surface area contributed by atoms with Gasteiger partial charge in [0, 0.05) is 26.2 Å². The summed E-state index contributed by atoms with van der Waals surface area (Å²) in [5.41, 5.74) is 1.23. The Morgan fingerprint density at radius 1 is 1.08 bits per heavy atom. The third-order valence-electron chi connectivity index (χ3n) is 5.72. The number of benzene rings is 2. The summed E-state index contributed by atoms with van der Waals surface area (Å²) in [5.74, 6) is 0.00529. The molecule has 3 N–H and O–H groups in total. The van der Waals surface area contributed by atoms with Crippen LogP contribution in [0.1, 0.15) is 12.0 Å². The number of nitrogens with zero attached hydrogens (tertiary/aromatic N) is 5. The maximum Gasteiger partial charge on any atom is 0.326 e. The molecule has 0 saturated carbocycles. The van der Waals surface area contributed by atoms with Gasteiger partial charge in [-0.15, -0.1) is 0 Å². The highest BCUT2D eigenvalue weighted by Crippen LogP contribution is 2.26. The number of hydrogen-bond donors (Lipinski definition) is 3. The predicted octanol–water partition coefficient (Wildman–Crippen LogP) is 4.15. The summed E-state index contributed by atoms with van der Waals surface area (Å²) in [6.07, 6.45) is -0.170. The van der Waals surface area contributed by atoms with E-state index in [1.54, 1.807) is 47.4 Å². The molecule has 12 nitrogen and oxygen atoms in total. The minimum atomic E-state index is -0.980. The van der Waals surface area contributed by atoms with E-state index < -0.39 is 12.0 Å². The standard InChI is InChI=1S/C25H27Cl2N7O5/c1-38-20-5-3-2-4-19(20)28-25(37)31-22-29-23(33-10-12-39-13-11-33)32-24(30-22)34(9-8-21(35)36)15-16-6-7-17(26)18(27)14-16/h2-7,14H,8-13,15H2,1H3,(H,35,36)(H2,28,29,30,31,32,37). The molecule has 206 valence electrons. The highest BCUT2D eigenvalue weighted by molar-refractivity contribution is 6.42. The molecule has 2 amide bonds. The van der Waals surface area contributed by atoms with Gasteiger partial charge in [0.1, 0.15) is 5.75 Å². The zero-order chi connectivity index (χ0) is 27.8. The Morgan fingerprint density at radius 2 is 1.85 bits per heavy atom. The summed E-state index contributed by atoms with van der Waals surface area (Å²) in [7, 11) is 1.50. The molecule has 0 spiro atoms. The Labute approximate surface area is 234 Å². The minimum Gasteiger partial charge on any atom is -0.495 e. The van der Waals surface area contributed by atoms with E-state index in [2.05, 4.69) is 25.6 Å². The molecule has 1 saturated heterocycles. The number of carboxylic acids is 1. The SMILES string of the molecule is COc1ccccc1NC(=O)Nc1nc(N2CCOCC2)nc(N(CCC(=O)O)Cc2ccc(Cl)c(Cl)c2)n1. The number of amides is 2. The first kappa shape index (κ1) is 28.1. The monoisotopic (exact) mass is 575 g/mol. The van der Waals surface area contributed by atoms with E-state index in [4.69, 9.17) is 32.7 Å². The van der Waals surface area contributed by atoms with E-state index in [0.29, 0.717) is 53.7 Å². The first-order valence-corrected chi connectivity index (χ1v) is 12.8. The topological polar surface area (TPSA) is 142 Å². The normalized spacial score (nSPS) is 13.1. The van der Waals surface area contributed by atoms with Gasteiger partial charge in [-0.2, -0.15) is 15.0 Å². The molecule has 4 rings (SSSR count). The van der Waals surface area contributed by atoms with Gasteiger partial charge in [-0.1, -0.05) is 41.4 Å². The third kappa shape index (κ3) is 7.82. The van der Waals surface area contributed by atoms with Gasteiger partial charge in [0.25, 0.3) is 0 Å². The Kier molecular flexibility index (Phi) is 9.58. The zero-order valence-electron chi connectivity index (χ0n) is 21.1. The summed E-state index contributed by atoms with van der Waals surface area (Å²) in [4.78, 5) is 41.4. The molecule has 0 radical (unpaired) electrons. The van der Waals surface area contributed by atoms with Crippen molar-refractivity contribution in [2.75, 3.05) is 60.4 Å². The average Bonchev–Trinajstić information content (AvgIpc) is 2.93. The smallest absolute Gasteiger partial charge is 0.326 e. The fourth-order valence-corrected chi connectivity index (χ4v) is 4.12. The molecule has 1 aromatic heterocycles. The number of carbonyl (C=O) groups excluding carboxylic acids is 1. The number of urea groups is 1. The lowest BCUT2D eigenvalue weighted by Crippen LogP contribution is -2.38. The Hall–Kier alpha value is -3.87. The number of carbonyl (C=O) groups is 2. The Bertz CT molecular complexity index is 1320. The second-order valence-corrected chi connectivity index (χ2v) is 9.27. The van der Waals surface area contributed by atoms with Crippen LogP contribution in [0.25, 0.3) is 0 Å². The van der Waals surface area contributed by atoms with Crippen molar-refractivity contribution in [3.63, 3.8) is 0 Å². The number of nitrogens with one attached hydrogen (secondary N) is 2. The van der Waals surface area contributed by atoms with Gasteiger partial charge in [-0.3, -0.25) is 10.1 Å². The van der Waals surface area contributed by atoms with E-state index in [0.717, 1.165) is 5.56 Å².